The summed E-state index contributed by atoms with van der Waals surface area (Å²) in [5.74, 6) is -1.41. The van der Waals surface area contributed by atoms with Crippen LogP contribution in [-0.4, -0.2) is 55.2 Å². The molecule has 1 atom stereocenters. The van der Waals surface area contributed by atoms with Gasteiger partial charge in [-0.2, -0.15) is 18.4 Å². The maximum Gasteiger partial charge on any atom is 0.336 e. The molecule has 0 aliphatic rings. The van der Waals surface area contributed by atoms with Gasteiger partial charge in [0, 0.05) is 19.5 Å². The van der Waals surface area contributed by atoms with Gasteiger partial charge in [-0.05, 0) is 11.6 Å². The number of nitrogens with zero attached hydrogens (tertiary/aromatic N) is 4. The van der Waals surface area contributed by atoms with Crippen molar-refractivity contribution in [2.45, 2.75) is 23.9 Å². The lowest BCUT2D eigenvalue weighted by Gasteiger charge is -2.20. The highest BCUT2D eigenvalue weighted by atomic mass is 35.5. The first-order chi connectivity index (χ1) is 14.1. The number of halogens is 1. The first-order valence-corrected chi connectivity index (χ1v) is 10.0. The molecule has 0 aliphatic heterocycles. The summed E-state index contributed by atoms with van der Waals surface area (Å²) < 4.78 is 41.4. The molecule has 0 fully saturated rings. The van der Waals surface area contributed by atoms with E-state index in [9.17, 15) is 18.0 Å². The Morgan fingerprint density at radius 1 is 1.23 bits per heavy atom. The van der Waals surface area contributed by atoms with E-state index in [1.807, 2.05) is 0 Å². The first-order valence-electron chi connectivity index (χ1n) is 8.17. The number of alkyl halides is 1. The van der Waals surface area contributed by atoms with Crippen molar-refractivity contribution in [1.29, 1.82) is 0 Å². The number of primary amides is 1. The van der Waals surface area contributed by atoms with E-state index >= 15 is 0 Å². The Morgan fingerprint density at radius 3 is 2.33 bits per heavy atom. The normalized spacial score (nSPS) is 12.0. The Kier molecular flexibility index (Phi) is 7.34. The summed E-state index contributed by atoms with van der Waals surface area (Å²) in [6.07, 6.45) is 0.982. The van der Waals surface area contributed by atoms with Crippen LogP contribution in [0.15, 0.2) is 29.4 Å². The molecule has 1 unspecified atom stereocenters. The minimum absolute atomic E-state index is 0.0693. The van der Waals surface area contributed by atoms with Gasteiger partial charge >= 0.3 is 12.0 Å². The van der Waals surface area contributed by atoms with Gasteiger partial charge in [-0.25, -0.2) is 9.78 Å². The van der Waals surface area contributed by atoms with Crippen molar-refractivity contribution in [2.75, 3.05) is 18.5 Å². The molecule has 12 nitrogen and oxygen atoms in total. The Labute approximate surface area is 177 Å². The minimum Gasteiger partial charge on any atom is -0.481 e. The predicted molar refractivity (Wildman–Crippen MR) is 104 cm³/mol. The largest absolute Gasteiger partial charge is 0.481 e. The number of urea groups is 1. The summed E-state index contributed by atoms with van der Waals surface area (Å²) in [6.45, 7) is 1.15. The molecule has 2 aromatic rings. The third-order valence-electron chi connectivity index (χ3n) is 3.48. The monoisotopic (exact) mass is 459 g/mol. The second kappa shape index (κ2) is 9.54. The van der Waals surface area contributed by atoms with E-state index in [1.165, 1.54) is 38.6 Å². The SMILES string of the molecule is COc1cc(OC)nc(N(C(N)=O)S(=O)(=O)c2ncccc2CC(Cl)OC(C)=O)n1. The fourth-order valence-corrected chi connectivity index (χ4v) is 3.98. The number of ether oxygens (including phenoxy) is 3. The molecule has 2 amide bonds. The number of anilines is 1. The van der Waals surface area contributed by atoms with Crippen molar-refractivity contribution in [3.8, 4) is 11.8 Å². The van der Waals surface area contributed by atoms with Gasteiger partial charge in [0.2, 0.25) is 11.8 Å². The zero-order valence-electron chi connectivity index (χ0n) is 16.1. The third kappa shape index (κ3) is 5.24. The molecule has 0 bridgehead atoms. The van der Waals surface area contributed by atoms with Crippen LogP contribution in [0.2, 0.25) is 0 Å². The highest BCUT2D eigenvalue weighted by Crippen LogP contribution is 2.27. The number of aromatic nitrogens is 3. The molecular weight excluding hydrogens is 442 g/mol. The summed E-state index contributed by atoms with van der Waals surface area (Å²) in [6, 6.07) is 2.72. The van der Waals surface area contributed by atoms with Crippen molar-refractivity contribution in [2.24, 2.45) is 5.73 Å². The second-order valence-corrected chi connectivity index (χ2v) is 7.74. The van der Waals surface area contributed by atoms with Crippen molar-refractivity contribution in [1.82, 2.24) is 15.0 Å². The van der Waals surface area contributed by atoms with Crippen molar-refractivity contribution in [3.05, 3.63) is 30.0 Å². The zero-order chi connectivity index (χ0) is 22.5. The van der Waals surface area contributed by atoms with E-state index in [4.69, 9.17) is 31.5 Å². The average Bonchev–Trinajstić information content (AvgIpc) is 2.66. The average molecular weight is 460 g/mol. The van der Waals surface area contributed by atoms with Crippen molar-refractivity contribution >= 4 is 39.6 Å². The van der Waals surface area contributed by atoms with Crippen LogP contribution < -0.4 is 19.5 Å². The van der Waals surface area contributed by atoms with Crippen molar-refractivity contribution in [3.63, 3.8) is 0 Å². The van der Waals surface area contributed by atoms with Crippen LogP contribution >= 0.6 is 11.6 Å². The number of hydrogen-bond acceptors (Lipinski definition) is 10. The number of carbonyl (C=O) groups is 2. The summed E-state index contributed by atoms with van der Waals surface area (Å²) in [7, 11) is -2.14. The number of carbonyl (C=O) groups excluding carboxylic acids is 2. The predicted octanol–water partition coefficient (Wildman–Crippen LogP) is 0.833. The number of hydrogen-bond donors (Lipinski definition) is 1. The summed E-state index contributed by atoms with van der Waals surface area (Å²) >= 11 is 5.94. The van der Waals surface area contributed by atoms with Gasteiger partial charge in [-0.3, -0.25) is 4.79 Å². The molecule has 14 heteroatoms. The number of pyridine rings is 1. The lowest BCUT2D eigenvalue weighted by atomic mass is 10.2. The lowest BCUT2D eigenvalue weighted by Crippen LogP contribution is -2.42. The van der Waals surface area contributed by atoms with Crippen LogP contribution in [0.25, 0.3) is 0 Å². The van der Waals surface area contributed by atoms with Gasteiger partial charge in [-0.15, -0.1) is 4.31 Å². The molecule has 2 aromatic heterocycles. The highest BCUT2D eigenvalue weighted by Gasteiger charge is 2.36. The van der Waals surface area contributed by atoms with Gasteiger partial charge in [0.15, 0.2) is 10.6 Å². The van der Waals surface area contributed by atoms with Gasteiger partial charge in [0.1, 0.15) is 0 Å². The van der Waals surface area contributed by atoms with E-state index in [0.717, 1.165) is 6.92 Å². The molecular formula is C16H18ClN5O7S. The second-order valence-electron chi connectivity index (χ2n) is 5.55. The number of amides is 2. The van der Waals surface area contributed by atoms with E-state index in [-0.39, 0.29) is 28.0 Å². The number of methoxy groups -OCH3 is 2. The molecule has 0 saturated heterocycles. The molecule has 0 radical (unpaired) electrons. The number of esters is 1. The molecule has 30 heavy (non-hydrogen) atoms. The van der Waals surface area contributed by atoms with Crippen LogP contribution in [0.3, 0.4) is 0 Å². The van der Waals surface area contributed by atoms with E-state index in [0.29, 0.717) is 0 Å². The maximum atomic E-state index is 13.2. The fraction of sp³-hybridized carbons (Fsp3) is 0.312. The molecule has 0 saturated carbocycles. The number of sulfonamides is 1. The molecule has 2 rings (SSSR count). The standard InChI is InChI=1S/C16H18ClN5O7S/c1-9(23)29-11(17)7-10-5-4-6-19-14(10)30(25,26)22(15(18)24)16-20-12(27-2)8-13(21-16)28-3/h4-6,8,11H,7H2,1-3H3,(H2,18,24). The van der Waals surface area contributed by atoms with Crippen LogP contribution in [0, 0.1) is 0 Å². The summed E-state index contributed by atoms with van der Waals surface area (Å²) in [5, 5.41) is -0.549. The Balaban J connectivity index is 2.58. The molecule has 0 spiro atoms. The van der Waals surface area contributed by atoms with Crippen molar-refractivity contribution < 1.29 is 32.2 Å². The lowest BCUT2D eigenvalue weighted by molar-refractivity contribution is -0.142. The number of nitrogens with two attached hydrogens (primary N) is 1. The van der Waals surface area contributed by atoms with Crippen LogP contribution in [0.1, 0.15) is 12.5 Å². The quantitative estimate of drug-likeness (QED) is 0.441. The van der Waals surface area contributed by atoms with Crippen LogP contribution in [-0.2, 0) is 26.0 Å². The smallest absolute Gasteiger partial charge is 0.336 e. The van der Waals surface area contributed by atoms with E-state index < -0.39 is 38.6 Å². The van der Waals surface area contributed by atoms with Crippen LogP contribution in [0.5, 0.6) is 11.8 Å². The summed E-state index contributed by atoms with van der Waals surface area (Å²) in [5.41, 5.74) is 4.21. The van der Waals surface area contributed by atoms with E-state index in [1.54, 1.807) is 0 Å². The molecule has 0 aromatic carbocycles. The molecule has 162 valence electrons. The third-order valence-corrected chi connectivity index (χ3v) is 5.40. The van der Waals surface area contributed by atoms with Gasteiger partial charge in [-0.1, -0.05) is 17.7 Å². The van der Waals surface area contributed by atoms with Crippen LogP contribution in [0.4, 0.5) is 10.7 Å². The summed E-state index contributed by atoms with van der Waals surface area (Å²) in [4.78, 5) is 34.7. The van der Waals surface area contributed by atoms with E-state index in [2.05, 4.69) is 15.0 Å². The number of rotatable bonds is 8. The maximum absolute atomic E-state index is 13.2. The Morgan fingerprint density at radius 2 is 1.83 bits per heavy atom. The highest BCUT2D eigenvalue weighted by molar-refractivity contribution is 7.93. The fourth-order valence-electron chi connectivity index (χ4n) is 2.31. The molecule has 2 heterocycles. The van der Waals surface area contributed by atoms with Gasteiger partial charge < -0.3 is 19.9 Å². The topological polar surface area (TPSA) is 164 Å². The minimum atomic E-state index is -4.70. The molecule has 2 N–H and O–H groups in total. The van der Waals surface area contributed by atoms with Gasteiger partial charge in [0.25, 0.3) is 16.0 Å². The molecule has 0 aliphatic carbocycles. The first kappa shape index (κ1) is 23.1. The Bertz CT molecular complexity index is 1030. The van der Waals surface area contributed by atoms with Gasteiger partial charge in [0.05, 0.1) is 20.3 Å². The zero-order valence-corrected chi connectivity index (χ0v) is 17.7. The Hall–Kier alpha value is -3.19.